The van der Waals surface area contributed by atoms with Crippen molar-refractivity contribution in [2.75, 3.05) is 38.5 Å². The largest absolute Gasteiger partial charge is 0.322 e. The highest BCUT2D eigenvalue weighted by atomic mass is 79.9. The summed E-state index contributed by atoms with van der Waals surface area (Å²) in [6, 6.07) is 16.1. The van der Waals surface area contributed by atoms with Crippen LogP contribution in [0.1, 0.15) is 20.7 Å². The highest BCUT2D eigenvalue weighted by Gasteiger charge is 2.11. The van der Waals surface area contributed by atoms with E-state index in [0.29, 0.717) is 11.3 Å². The van der Waals surface area contributed by atoms with Crippen molar-refractivity contribution >= 4 is 39.5 Å². The third-order valence-electron chi connectivity index (χ3n) is 4.56. The number of pyridine rings is 1. The van der Waals surface area contributed by atoms with Crippen LogP contribution in [0.5, 0.6) is 0 Å². The monoisotopic (exact) mass is 527 g/mol. The number of nitro groups is 1. The first-order valence-corrected chi connectivity index (χ1v) is 11.2. The second-order valence-corrected chi connectivity index (χ2v) is 8.15. The maximum absolute atomic E-state index is 12.0. The molecule has 2 aromatic carbocycles. The van der Waals surface area contributed by atoms with Crippen LogP contribution in [0.25, 0.3) is 0 Å². The zero-order valence-electron chi connectivity index (χ0n) is 18.7. The molecule has 4 rings (SSSR count). The van der Waals surface area contributed by atoms with Crippen LogP contribution in [0.2, 0.25) is 0 Å². The lowest BCUT2D eigenvalue weighted by Gasteiger charge is -2.21. The average molecular weight is 528 g/mol. The van der Waals surface area contributed by atoms with Crippen LogP contribution < -0.4 is 10.6 Å². The number of anilines is 1. The van der Waals surface area contributed by atoms with E-state index < -0.39 is 4.92 Å². The Morgan fingerprint density at radius 1 is 1.15 bits per heavy atom. The van der Waals surface area contributed by atoms with Gasteiger partial charge in [-0.15, -0.1) is 0 Å². The third kappa shape index (κ3) is 9.99. The van der Waals surface area contributed by atoms with Crippen LogP contribution in [-0.4, -0.2) is 60.2 Å². The molecule has 9 nitrogen and oxygen atoms in total. The average Bonchev–Trinajstić information content (AvgIpc) is 2.86. The summed E-state index contributed by atoms with van der Waals surface area (Å²) < 4.78 is 0.837. The van der Waals surface area contributed by atoms with E-state index in [2.05, 4.69) is 43.5 Å². The van der Waals surface area contributed by atoms with Gasteiger partial charge in [-0.25, -0.2) is 0 Å². The molecule has 2 heterocycles. The highest BCUT2D eigenvalue weighted by Crippen LogP contribution is 2.18. The van der Waals surface area contributed by atoms with E-state index in [4.69, 9.17) is 0 Å². The number of nitrogens with zero attached hydrogens (tertiary/aromatic N) is 3. The van der Waals surface area contributed by atoms with Crippen molar-refractivity contribution in [3.8, 4) is 0 Å². The minimum atomic E-state index is -0.532. The summed E-state index contributed by atoms with van der Waals surface area (Å²) in [7, 11) is 2.15. The van der Waals surface area contributed by atoms with Gasteiger partial charge in [-0.3, -0.25) is 24.7 Å². The summed E-state index contributed by atoms with van der Waals surface area (Å²) in [4.78, 5) is 38.1. The molecule has 0 spiro atoms. The molecule has 34 heavy (non-hydrogen) atoms. The fraction of sp³-hybridized carbons (Fsp3) is 0.208. The topological polar surface area (TPSA) is 117 Å². The quantitative estimate of drug-likeness (QED) is 0.298. The van der Waals surface area contributed by atoms with E-state index in [1.807, 2.05) is 6.07 Å². The minimum Gasteiger partial charge on any atom is -0.322 e. The van der Waals surface area contributed by atoms with Gasteiger partial charge in [0.2, 0.25) is 0 Å². The van der Waals surface area contributed by atoms with Gasteiger partial charge in [0.15, 0.2) is 6.29 Å². The van der Waals surface area contributed by atoms with Gasteiger partial charge < -0.3 is 15.5 Å². The normalized spacial score (nSPS) is 12.8. The lowest BCUT2D eigenvalue weighted by Crippen LogP contribution is -2.40. The molecule has 1 aliphatic rings. The van der Waals surface area contributed by atoms with Crippen molar-refractivity contribution in [2.45, 2.75) is 0 Å². The lowest BCUT2D eigenvalue weighted by molar-refractivity contribution is -0.384. The summed E-state index contributed by atoms with van der Waals surface area (Å²) in [5, 5.41) is 16.6. The lowest BCUT2D eigenvalue weighted by atomic mass is 10.2. The van der Waals surface area contributed by atoms with Gasteiger partial charge in [-0.2, -0.15) is 0 Å². The summed E-state index contributed by atoms with van der Waals surface area (Å²) in [6.07, 6.45) is 3.92. The zero-order chi connectivity index (χ0) is 24.8. The molecule has 10 heteroatoms. The van der Waals surface area contributed by atoms with Gasteiger partial charge in [0.1, 0.15) is 0 Å². The molecule has 0 atom stereocenters. The first-order chi connectivity index (χ1) is 16.4. The van der Waals surface area contributed by atoms with Crippen molar-refractivity contribution in [3.63, 3.8) is 0 Å². The molecular formula is C24H26BrN5O4. The molecule has 0 saturated carbocycles. The van der Waals surface area contributed by atoms with Crippen LogP contribution in [0.15, 0.2) is 77.5 Å². The molecule has 0 bridgehead atoms. The number of carbonyl (C=O) groups is 2. The molecular weight excluding hydrogens is 502 g/mol. The fourth-order valence-electron chi connectivity index (χ4n) is 2.75. The maximum Gasteiger partial charge on any atom is 0.270 e. The Morgan fingerprint density at radius 2 is 1.88 bits per heavy atom. The SMILES string of the molecule is CN1CCNCC1.O=C(Nc1cccc(Br)c1)c1cccc([N+](=O)[O-])c1.O=Cc1cccnc1. The number of halogens is 1. The Balaban J connectivity index is 0.000000222. The van der Waals surface area contributed by atoms with Gasteiger partial charge in [-0.1, -0.05) is 28.1 Å². The van der Waals surface area contributed by atoms with Crippen molar-refractivity contribution in [1.29, 1.82) is 0 Å². The highest BCUT2D eigenvalue weighted by molar-refractivity contribution is 9.10. The molecule has 3 aromatic rings. The van der Waals surface area contributed by atoms with Gasteiger partial charge >= 0.3 is 0 Å². The van der Waals surface area contributed by atoms with Gasteiger partial charge in [-0.05, 0) is 43.4 Å². The number of hydrogen-bond acceptors (Lipinski definition) is 7. The van der Waals surface area contributed by atoms with Crippen molar-refractivity contribution in [2.24, 2.45) is 0 Å². The number of piperazine rings is 1. The van der Waals surface area contributed by atoms with Crippen molar-refractivity contribution < 1.29 is 14.5 Å². The maximum atomic E-state index is 12.0. The van der Waals surface area contributed by atoms with Crippen molar-refractivity contribution in [1.82, 2.24) is 15.2 Å². The molecule has 1 aliphatic heterocycles. The molecule has 178 valence electrons. The summed E-state index contributed by atoms with van der Waals surface area (Å²) in [6.45, 7) is 4.74. The predicted molar refractivity (Wildman–Crippen MR) is 135 cm³/mol. The smallest absolute Gasteiger partial charge is 0.270 e. The Bertz CT molecular complexity index is 1080. The first kappa shape index (κ1) is 26.8. The van der Waals surface area contributed by atoms with Gasteiger partial charge in [0.25, 0.3) is 11.6 Å². The fourth-order valence-corrected chi connectivity index (χ4v) is 3.15. The Kier molecular flexibility index (Phi) is 11.5. The van der Waals surface area contributed by atoms with Crippen molar-refractivity contribution in [3.05, 3.63) is 98.8 Å². The number of non-ortho nitro benzene ring substituents is 1. The van der Waals surface area contributed by atoms with E-state index in [9.17, 15) is 19.7 Å². The van der Waals surface area contributed by atoms with Crippen LogP contribution >= 0.6 is 15.9 Å². The Hall–Kier alpha value is -3.47. The molecule has 2 N–H and O–H groups in total. The van der Waals surface area contributed by atoms with E-state index in [-0.39, 0.29) is 17.2 Å². The Morgan fingerprint density at radius 3 is 2.41 bits per heavy atom. The standard InChI is InChI=1S/C13H9BrN2O3.C6H5NO.C5H12N2/c14-10-4-2-5-11(8-10)15-13(17)9-3-1-6-12(7-9)16(18)19;8-5-6-2-1-3-7-4-6;1-7-4-2-6-3-5-7/h1-8H,(H,15,17);1-5H;6H,2-5H2,1H3. The number of aldehydes is 1. The van der Waals surface area contributed by atoms with E-state index in [1.54, 1.807) is 36.5 Å². The van der Waals surface area contributed by atoms with Gasteiger partial charge in [0, 0.05) is 72.0 Å². The number of benzene rings is 2. The third-order valence-corrected chi connectivity index (χ3v) is 5.06. The number of likely N-dealkylation sites (N-methyl/N-ethyl adjacent to an activating group) is 1. The number of rotatable bonds is 4. The number of nitro benzene ring substituents is 1. The molecule has 1 saturated heterocycles. The molecule has 1 aromatic heterocycles. The van der Waals surface area contributed by atoms with E-state index in [1.165, 1.54) is 43.6 Å². The molecule has 1 amide bonds. The molecule has 0 radical (unpaired) electrons. The van der Waals surface area contributed by atoms with Gasteiger partial charge in [0.05, 0.1) is 4.92 Å². The van der Waals surface area contributed by atoms with Crippen LogP contribution in [0.3, 0.4) is 0 Å². The predicted octanol–water partition coefficient (Wildman–Crippen LogP) is 4.03. The summed E-state index contributed by atoms with van der Waals surface area (Å²) >= 11 is 3.30. The van der Waals surface area contributed by atoms with E-state index >= 15 is 0 Å². The summed E-state index contributed by atoms with van der Waals surface area (Å²) in [5.74, 6) is -0.387. The second kappa shape index (κ2) is 14.6. The van der Waals surface area contributed by atoms with Crippen LogP contribution in [0.4, 0.5) is 11.4 Å². The minimum absolute atomic E-state index is 0.109. The number of aromatic nitrogens is 1. The van der Waals surface area contributed by atoms with Crippen LogP contribution in [0, 0.1) is 10.1 Å². The number of carbonyl (C=O) groups excluding carboxylic acids is 2. The number of amides is 1. The molecule has 0 unspecified atom stereocenters. The number of hydrogen-bond donors (Lipinski definition) is 2. The zero-order valence-corrected chi connectivity index (χ0v) is 20.3. The van der Waals surface area contributed by atoms with E-state index in [0.717, 1.165) is 23.8 Å². The first-order valence-electron chi connectivity index (χ1n) is 10.4. The second-order valence-electron chi connectivity index (χ2n) is 7.23. The number of nitrogens with one attached hydrogen (secondary N) is 2. The molecule has 0 aliphatic carbocycles. The summed E-state index contributed by atoms with van der Waals surface area (Å²) in [5.41, 5.74) is 1.37. The van der Waals surface area contributed by atoms with Crippen LogP contribution in [-0.2, 0) is 0 Å². The molecule has 1 fully saturated rings. The Labute approximate surface area is 206 Å².